The van der Waals surface area contributed by atoms with Gasteiger partial charge in [0.25, 0.3) is 0 Å². The van der Waals surface area contributed by atoms with Gasteiger partial charge in [0, 0.05) is 18.0 Å². The quantitative estimate of drug-likeness (QED) is 0.876. The molecule has 1 atom stereocenters. The molecular formula is C16H23N3O. The lowest BCUT2D eigenvalue weighted by molar-refractivity contribution is 0.363. The maximum absolute atomic E-state index is 5.31. The van der Waals surface area contributed by atoms with Crippen molar-refractivity contribution in [2.45, 2.75) is 46.1 Å². The molecule has 0 saturated heterocycles. The van der Waals surface area contributed by atoms with Gasteiger partial charge in [0.05, 0.1) is 0 Å². The predicted octanol–water partition coefficient (Wildman–Crippen LogP) is 3.40. The third-order valence-electron chi connectivity index (χ3n) is 3.34. The Kier molecular flexibility index (Phi) is 4.90. The standard InChI is InChI=1S/C16H23N3O/c1-5-17-12(4)10-15-18-16(19-20-15)14-8-6-13(7-9-14)11(2)3/h6-9,11-12,17H,5,10H2,1-4H3. The summed E-state index contributed by atoms with van der Waals surface area (Å²) in [6.45, 7) is 9.52. The minimum atomic E-state index is 0.344. The van der Waals surface area contributed by atoms with Gasteiger partial charge in [-0.2, -0.15) is 4.98 Å². The summed E-state index contributed by atoms with van der Waals surface area (Å²) >= 11 is 0. The van der Waals surface area contributed by atoms with Gasteiger partial charge in [-0.15, -0.1) is 0 Å². The SMILES string of the molecule is CCNC(C)Cc1nc(-c2ccc(C(C)C)cc2)no1. The Bertz CT molecular complexity index is 531. The Labute approximate surface area is 120 Å². The van der Waals surface area contributed by atoms with E-state index in [4.69, 9.17) is 4.52 Å². The lowest BCUT2D eigenvalue weighted by Gasteiger charge is -2.07. The fourth-order valence-electron chi connectivity index (χ4n) is 2.15. The smallest absolute Gasteiger partial charge is 0.228 e. The molecule has 0 aliphatic carbocycles. The van der Waals surface area contributed by atoms with E-state index in [0.29, 0.717) is 23.7 Å². The summed E-state index contributed by atoms with van der Waals surface area (Å²) < 4.78 is 5.31. The van der Waals surface area contributed by atoms with E-state index < -0.39 is 0 Å². The number of benzene rings is 1. The highest BCUT2D eigenvalue weighted by molar-refractivity contribution is 5.54. The zero-order valence-corrected chi connectivity index (χ0v) is 12.7. The largest absolute Gasteiger partial charge is 0.339 e. The first kappa shape index (κ1) is 14.7. The zero-order valence-electron chi connectivity index (χ0n) is 12.7. The van der Waals surface area contributed by atoms with Crippen LogP contribution in [-0.4, -0.2) is 22.7 Å². The topological polar surface area (TPSA) is 51.0 Å². The number of nitrogens with one attached hydrogen (secondary N) is 1. The molecule has 0 radical (unpaired) electrons. The highest BCUT2D eigenvalue weighted by atomic mass is 16.5. The molecule has 4 nitrogen and oxygen atoms in total. The summed E-state index contributed by atoms with van der Waals surface area (Å²) in [6.07, 6.45) is 0.755. The lowest BCUT2D eigenvalue weighted by Crippen LogP contribution is -2.27. The van der Waals surface area contributed by atoms with Crippen LogP contribution in [0.5, 0.6) is 0 Å². The fraction of sp³-hybridized carbons (Fsp3) is 0.500. The number of hydrogen-bond donors (Lipinski definition) is 1. The van der Waals surface area contributed by atoms with Crippen molar-refractivity contribution in [1.82, 2.24) is 15.5 Å². The van der Waals surface area contributed by atoms with Gasteiger partial charge >= 0.3 is 0 Å². The molecule has 0 saturated carbocycles. The van der Waals surface area contributed by atoms with E-state index in [1.165, 1.54) is 5.56 Å². The highest BCUT2D eigenvalue weighted by Crippen LogP contribution is 2.20. The summed E-state index contributed by atoms with van der Waals surface area (Å²) in [5, 5.41) is 7.40. The van der Waals surface area contributed by atoms with Gasteiger partial charge in [-0.3, -0.25) is 0 Å². The zero-order chi connectivity index (χ0) is 14.5. The van der Waals surface area contributed by atoms with Crippen LogP contribution in [0.2, 0.25) is 0 Å². The molecule has 0 aliphatic heterocycles. The summed E-state index contributed by atoms with van der Waals surface area (Å²) in [6, 6.07) is 8.70. The van der Waals surface area contributed by atoms with Crippen molar-refractivity contribution in [3.63, 3.8) is 0 Å². The third-order valence-corrected chi connectivity index (χ3v) is 3.34. The van der Waals surface area contributed by atoms with Crippen LogP contribution in [-0.2, 0) is 6.42 Å². The van der Waals surface area contributed by atoms with E-state index in [-0.39, 0.29) is 0 Å². The molecule has 0 fully saturated rings. The molecule has 0 spiro atoms. The predicted molar refractivity (Wildman–Crippen MR) is 80.7 cm³/mol. The first-order valence-electron chi connectivity index (χ1n) is 7.26. The van der Waals surface area contributed by atoms with Crippen LogP contribution < -0.4 is 5.32 Å². The van der Waals surface area contributed by atoms with E-state index >= 15 is 0 Å². The number of nitrogens with zero attached hydrogens (tertiary/aromatic N) is 2. The van der Waals surface area contributed by atoms with Gasteiger partial charge in [-0.05, 0) is 24.9 Å². The Morgan fingerprint density at radius 1 is 1.15 bits per heavy atom. The minimum Gasteiger partial charge on any atom is -0.339 e. The average molecular weight is 273 g/mol. The van der Waals surface area contributed by atoms with Gasteiger partial charge < -0.3 is 9.84 Å². The van der Waals surface area contributed by atoms with E-state index in [1.807, 2.05) is 0 Å². The van der Waals surface area contributed by atoms with Crippen LogP contribution in [0, 0.1) is 0 Å². The van der Waals surface area contributed by atoms with E-state index in [1.54, 1.807) is 0 Å². The molecular weight excluding hydrogens is 250 g/mol. The first-order chi connectivity index (χ1) is 9.60. The second-order valence-corrected chi connectivity index (χ2v) is 5.45. The number of rotatable bonds is 6. The van der Waals surface area contributed by atoms with Crippen molar-refractivity contribution >= 4 is 0 Å². The van der Waals surface area contributed by atoms with Gasteiger partial charge in [-0.25, -0.2) is 0 Å². The lowest BCUT2D eigenvalue weighted by atomic mass is 10.0. The Balaban J connectivity index is 2.08. The van der Waals surface area contributed by atoms with Crippen molar-refractivity contribution in [2.75, 3.05) is 6.54 Å². The Morgan fingerprint density at radius 2 is 1.85 bits per heavy atom. The molecule has 2 aromatic rings. The molecule has 0 bridgehead atoms. The molecule has 0 amide bonds. The summed E-state index contributed by atoms with van der Waals surface area (Å²) in [4.78, 5) is 4.46. The monoisotopic (exact) mass is 273 g/mol. The molecule has 20 heavy (non-hydrogen) atoms. The van der Waals surface area contributed by atoms with Crippen molar-refractivity contribution in [3.05, 3.63) is 35.7 Å². The first-order valence-corrected chi connectivity index (χ1v) is 7.26. The number of hydrogen-bond acceptors (Lipinski definition) is 4. The van der Waals surface area contributed by atoms with Crippen LogP contribution in [0.15, 0.2) is 28.8 Å². The average Bonchev–Trinajstić information content (AvgIpc) is 2.87. The molecule has 4 heteroatoms. The minimum absolute atomic E-state index is 0.344. The Morgan fingerprint density at radius 3 is 2.45 bits per heavy atom. The van der Waals surface area contributed by atoms with Crippen LogP contribution in [0.3, 0.4) is 0 Å². The molecule has 1 N–H and O–H groups in total. The van der Waals surface area contributed by atoms with Gasteiger partial charge in [0.1, 0.15) is 0 Å². The van der Waals surface area contributed by atoms with Crippen molar-refractivity contribution in [3.8, 4) is 11.4 Å². The molecule has 1 aromatic carbocycles. The summed E-state index contributed by atoms with van der Waals surface area (Å²) in [5.74, 6) is 1.88. The van der Waals surface area contributed by atoms with Crippen molar-refractivity contribution < 1.29 is 4.52 Å². The van der Waals surface area contributed by atoms with Crippen molar-refractivity contribution in [2.24, 2.45) is 0 Å². The van der Waals surface area contributed by atoms with Crippen LogP contribution in [0.4, 0.5) is 0 Å². The Hall–Kier alpha value is -1.68. The van der Waals surface area contributed by atoms with Crippen LogP contribution in [0.1, 0.15) is 45.1 Å². The molecule has 108 valence electrons. The third kappa shape index (κ3) is 3.67. The van der Waals surface area contributed by atoms with Gasteiger partial charge in [-0.1, -0.05) is 50.2 Å². The van der Waals surface area contributed by atoms with Crippen LogP contribution >= 0.6 is 0 Å². The highest BCUT2D eigenvalue weighted by Gasteiger charge is 2.11. The second-order valence-electron chi connectivity index (χ2n) is 5.45. The molecule has 1 heterocycles. The van der Waals surface area contributed by atoms with E-state index in [0.717, 1.165) is 18.5 Å². The normalized spacial score (nSPS) is 12.8. The van der Waals surface area contributed by atoms with E-state index in [9.17, 15) is 0 Å². The number of aromatic nitrogens is 2. The van der Waals surface area contributed by atoms with Gasteiger partial charge in [0.2, 0.25) is 11.7 Å². The molecule has 1 unspecified atom stereocenters. The fourth-order valence-corrected chi connectivity index (χ4v) is 2.15. The second kappa shape index (κ2) is 6.66. The van der Waals surface area contributed by atoms with Gasteiger partial charge in [0.15, 0.2) is 0 Å². The maximum atomic E-state index is 5.31. The summed E-state index contributed by atoms with van der Waals surface area (Å²) in [7, 11) is 0. The maximum Gasteiger partial charge on any atom is 0.228 e. The van der Waals surface area contributed by atoms with Crippen molar-refractivity contribution in [1.29, 1.82) is 0 Å². The van der Waals surface area contributed by atoms with Crippen LogP contribution in [0.25, 0.3) is 11.4 Å². The molecule has 0 aliphatic rings. The number of likely N-dealkylation sites (N-methyl/N-ethyl adjacent to an activating group) is 1. The molecule has 2 rings (SSSR count). The van der Waals surface area contributed by atoms with E-state index in [2.05, 4.69) is 67.4 Å². The summed E-state index contributed by atoms with van der Waals surface area (Å²) in [5.41, 5.74) is 2.32. The molecule has 1 aromatic heterocycles.